The lowest BCUT2D eigenvalue weighted by atomic mass is 10.0. The molecule has 6 rings (SSSR count). The molecule has 2 aliphatic rings. The Morgan fingerprint density at radius 1 is 1.03 bits per heavy atom. The maximum Gasteiger partial charge on any atom is 0.339 e. The van der Waals surface area contributed by atoms with E-state index in [1.807, 2.05) is 29.1 Å². The van der Waals surface area contributed by atoms with Crippen molar-refractivity contribution in [3.05, 3.63) is 83.3 Å². The van der Waals surface area contributed by atoms with E-state index in [0.717, 1.165) is 28.7 Å². The summed E-state index contributed by atoms with van der Waals surface area (Å²) in [6, 6.07) is 16.3. The molecule has 1 aliphatic heterocycles. The third-order valence-electron chi connectivity index (χ3n) is 6.06. The molecule has 0 saturated heterocycles. The van der Waals surface area contributed by atoms with Crippen LogP contribution in [0.3, 0.4) is 0 Å². The second-order valence-corrected chi connectivity index (χ2v) is 8.34. The van der Waals surface area contributed by atoms with E-state index in [4.69, 9.17) is 4.74 Å². The van der Waals surface area contributed by atoms with Crippen molar-refractivity contribution < 1.29 is 9.53 Å². The van der Waals surface area contributed by atoms with Gasteiger partial charge in [-0.25, -0.2) is 9.48 Å². The monoisotopic (exact) mass is 398 g/mol. The highest BCUT2D eigenvalue weighted by Gasteiger charge is 2.29. The van der Waals surface area contributed by atoms with Gasteiger partial charge in [0.2, 0.25) is 0 Å². The fourth-order valence-corrected chi connectivity index (χ4v) is 4.46. The molecule has 0 spiro atoms. The molecule has 150 valence electrons. The molecule has 1 aliphatic carbocycles. The number of cyclic esters (lactones) is 1. The molecule has 3 heterocycles. The summed E-state index contributed by atoms with van der Waals surface area (Å²) in [4.78, 5) is 12.9. The number of ether oxygens (including phenoxy) is 1. The quantitative estimate of drug-likeness (QED) is 0.478. The Bertz CT molecular complexity index is 1240. The first-order valence-electron chi connectivity index (χ1n) is 10.5. The van der Waals surface area contributed by atoms with Gasteiger partial charge < -0.3 is 9.30 Å². The highest BCUT2D eigenvalue weighted by molar-refractivity contribution is 6.06. The maximum atomic E-state index is 12.9. The van der Waals surface area contributed by atoms with Gasteiger partial charge in [0.1, 0.15) is 6.10 Å². The van der Waals surface area contributed by atoms with Crippen molar-refractivity contribution in [1.29, 1.82) is 0 Å². The largest absolute Gasteiger partial charge is 0.456 e. The van der Waals surface area contributed by atoms with Crippen LogP contribution in [-0.2, 0) is 24.2 Å². The number of aromatic nitrogens is 4. The summed E-state index contributed by atoms with van der Waals surface area (Å²) in [6.45, 7) is 1.29. The third kappa shape index (κ3) is 3.09. The van der Waals surface area contributed by atoms with Crippen molar-refractivity contribution in [2.75, 3.05) is 0 Å². The average Bonchev–Trinajstić information content (AvgIpc) is 3.44. The summed E-state index contributed by atoms with van der Waals surface area (Å²) in [5.74, 6) is 0.302. The Labute approximate surface area is 174 Å². The molecule has 2 aromatic carbocycles. The second-order valence-electron chi connectivity index (χ2n) is 8.34. The summed E-state index contributed by atoms with van der Waals surface area (Å²) >= 11 is 0. The Morgan fingerprint density at radius 3 is 2.73 bits per heavy atom. The van der Waals surface area contributed by atoms with Gasteiger partial charge in [0.15, 0.2) is 0 Å². The first-order chi connectivity index (χ1) is 14.7. The van der Waals surface area contributed by atoms with Crippen LogP contribution in [0.5, 0.6) is 0 Å². The van der Waals surface area contributed by atoms with Gasteiger partial charge in [-0.15, -0.1) is 5.10 Å². The molecule has 1 atom stereocenters. The van der Waals surface area contributed by atoms with Crippen molar-refractivity contribution in [3.63, 3.8) is 0 Å². The fraction of sp³-hybridized carbons (Fsp3) is 0.292. The van der Waals surface area contributed by atoms with Crippen LogP contribution < -0.4 is 0 Å². The van der Waals surface area contributed by atoms with Gasteiger partial charge in [-0.2, -0.15) is 0 Å². The van der Waals surface area contributed by atoms with Crippen molar-refractivity contribution >= 4 is 16.9 Å². The van der Waals surface area contributed by atoms with Gasteiger partial charge in [-0.1, -0.05) is 41.6 Å². The summed E-state index contributed by atoms with van der Waals surface area (Å²) in [5, 5.41) is 9.55. The second kappa shape index (κ2) is 6.83. The zero-order valence-electron chi connectivity index (χ0n) is 16.6. The van der Waals surface area contributed by atoms with Crippen LogP contribution in [0.1, 0.15) is 45.9 Å². The molecule has 1 fully saturated rings. The first kappa shape index (κ1) is 17.4. The summed E-state index contributed by atoms with van der Waals surface area (Å²) in [7, 11) is 0. The van der Waals surface area contributed by atoms with Crippen molar-refractivity contribution in [2.45, 2.75) is 44.4 Å². The minimum Gasteiger partial charge on any atom is -0.456 e. The van der Waals surface area contributed by atoms with E-state index in [0.29, 0.717) is 24.4 Å². The Hall–Kier alpha value is -3.41. The number of carbonyl (C=O) groups excluding carboxylic acids is 1. The lowest BCUT2D eigenvalue weighted by Gasteiger charge is -2.15. The summed E-state index contributed by atoms with van der Waals surface area (Å²) < 4.78 is 9.91. The number of hydrogen-bond acceptors (Lipinski definition) is 4. The van der Waals surface area contributed by atoms with E-state index in [9.17, 15) is 4.79 Å². The minimum absolute atomic E-state index is 0.260. The molecule has 30 heavy (non-hydrogen) atoms. The summed E-state index contributed by atoms with van der Waals surface area (Å²) in [5.41, 5.74) is 5.15. The lowest BCUT2D eigenvalue weighted by molar-refractivity contribution is 0.0264. The predicted octanol–water partition coefficient (Wildman–Crippen LogP) is 3.94. The molecule has 1 unspecified atom stereocenters. The Balaban J connectivity index is 1.34. The molecular weight excluding hydrogens is 376 g/mol. The zero-order valence-corrected chi connectivity index (χ0v) is 16.6. The van der Waals surface area contributed by atoms with Crippen LogP contribution in [0.2, 0.25) is 0 Å². The van der Waals surface area contributed by atoms with E-state index < -0.39 is 0 Å². The van der Waals surface area contributed by atoms with Crippen LogP contribution in [0, 0.1) is 0 Å². The van der Waals surface area contributed by atoms with Gasteiger partial charge in [-0.3, -0.25) is 0 Å². The van der Waals surface area contributed by atoms with Crippen molar-refractivity contribution in [1.82, 2.24) is 19.6 Å². The third-order valence-corrected chi connectivity index (χ3v) is 6.06. The normalized spacial score (nSPS) is 18.4. The smallest absolute Gasteiger partial charge is 0.339 e. The number of hydrogen-bond donors (Lipinski definition) is 0. The van der Waals surface area contributed by atoms with Crippen molar-refractivity contribution in [3.8, 4) is 0 Å². The molecule has 0 amide bonds. The van der Waals surface area contributed by atoms with Crippen molar-refractivity contribution in [2.24, 2.45) is 0 Å². The topological polar surface area (TPSA) is 61.9 Å². The van der Waals surface area contributed by atoms with Crippen LogP contribution in [0.25, 0.3) is 10.9 Å². The number of carbonyl (C=O) groups is 1. The van der Waals surface area contributed by atoms with E-state index in [1.165, 1.54) is 18.4 Å². The van der Waals surface area contributed by atoms with Gasteiger partial charge in [-0.05, 0) is 36.1 Å². The number of nitrogens with zero attached hydrogens (tertiary/aromatic N) is 4. The summed E-state index contributed by atoms with van der Waals surface area (Å²) in [6.07, 6.45) is 6.96. The van der Waals surface area contributed by atoms with Gasteiger partial charge in [0, 0.05) is 42.2 Å². The molecule has 0 bridgehead atoms. The highest BCUT2D eigenvalue weighted by atomic mass is 16.5. The molecule has 2 aromatic heterocycles. The number of benzene rings is 2. The van der Waals surface area contributed by atoms with E-state index in [2.05, 4.69) is 51.4 Å². The minimum atomic E-state index is -0.269. The number of rotatable bonds is 5. The molecule has 0 N–H and O–H groups in total. The molecule has 0 radical (unpaired) electrons. The number of esters is 1. The molecule has 4 aromatic rings. The molecular formula is C24H22N4O2. The molecule has 6 heteroatoms. The van der Waals surface area contributed by atoms with Crippen LogP contribution >= 0.6 is 0 Å². The van der Waals surface area contributed by atoms with Gasteiger partial charge >= 0.3 is 5.97 Å². The van der Waals surface area contributed by atoms with Gasteiger partial charge in [0.05, 0.1) is 17.8 Å². The fourth-order valence-electron chi connectivity index (χ4n) is 4.46. The van der Waals surface area contributed by atoms with E-state index in [1.54, 1.807) is 0 Å². The average molecular weight is 398 g/mol. The lowest BCUT2D eigenvalue weighted by Crippen LogP contribution is -2.24. The van der Waals surface area contributed by atoms with Crippen LogP contribution in [0.4, 0.5) is 0 Å². The van der Waals surface area contributed by atoms with E-state index >= 15 is 0 Å². The van der Waals surface area contributed by atoms with E-state index in [-0.39, 0.29) is 12.1 Å². The molecule has 1 saturated carbocycles. The standard InChI is InChI=1S/C24H22N4O2/c29-24-20-7-4-8-22-23(20)18(13-27(22)12-16-5-2-1-3-6-16)11-19(30-24)14-28-15-21(25-26-28)17-9-10-17/h1-8,13,15,17,19H,9-12,14H2. The zero-order chi connectivity index (χ0) is 20.1. The predicted molar refractivity (Wildman–Crippen MR) is 112 cm³/mol. The van der Waals surface area contributed by atoms with Gasteiger partial charge in [0.25, 0.3) is 0 Å². The molecule has 6 nitrogen and oxygen atoms in total. The van der Waals surface area contributed by atoms with Crippen LogP contribution in [-0.4, -0.2) is 31.6 Å². The first-order valence-corrected chi connectivity index (χ1v) is 10.5. The SMILES string of the molecule is O=C1OC(Cn2cc(C3CC3)nn2)Cc2cn(Cc3ccccc3)c3cccc1c23. The Kier molecular flexibility index (Phi) is 3.97. The Morgan fingerprint density at radius 2 is 1.90 bits per heavy atom. The highest BCUT2D eigenvalue weighted by Crippen LogP contribution is 2.38. The van der Waals surface area contributed by atoms with Crippen LogP contribution in [0.15, 0.2) is 60.9 Å². The maximum absolute atomic E-state index is 12.9.